The molecule has 1 fully saturated rings. The van der Waals surface area contributed by atoms with Crippen molar-refractivity contribution in [2.45, 2.75) is 18.5 Å². The van der Waals surface area contributed by atoms with Gasteiger partial charge in [0.05, 0.1) is 0 Å². The Morgan fingerprint density at radius 2 is 2.06 bits per heavy atom. The van der Waals surface area contributed by atoms with Crippen molar-refractivity contribution >= 4 is 29.2 Å². The third-order valence-electron chi connectivity index (χ3n) is 2.59. The second-order valence-electron chi connectivity index (χ2n) is 3.84. The van der Waals surface area contributed by atoms with Gasteiger partial charge in [0.25, 0.3) is 0 Å². The lowest BCUT2D eigenvalue weighted by Crippen LogP contribution is -2.34. The lowest BCUT2D eigenvalue weighted by atomic mass is 10.1. The molecule has 1 aromatic rings. The molecular formula is C11H11ClN2O3. The number of aliphatic carboxylic acids is 1. The van der Waals surface area contributed by atoms with Gasteiger partial charge in [-0.25, -0.2) is 4.79 Å². The minimum absolute atomic E-state index is 0.233. The Labute approximate surface area is 103 Å². The zero-order chi connectivity index (χ0) is 12.4. The summed E-state index contributed by atoms with van der Waals surface area (Å²) >= 11 is 5.74. The van der Waals surface area contributed by atoms with Crippen LogP contribution in [-0.2, 0) is 9.59 Å². The van der Waals surface area contributed by atoms with E-state index in [1.807, 2.05) is 0 Å². The molecule has 5 nitrogen and oxygen atoms in total. The summed E-state index contributed by atoms with van der Waals surface area (Å²) in [7, 11) is 0. The highest BCUT2D eigenvalue weighted by molar-refractivity contribution is 6.30. The summed E-state index contributed by atoms with van der Waals surface area (Å²) in [5.41, 5.74) is 0.737. The number of rotatable bonds is 3. The van der Waals surface area contributed by atoms with Crippen LogP contribution in [-0.4, -0.2) is 29.1 Å². The van der Waals surface area contributed by atoms with Crippen LogP contribution >= 0.6 is 11.6 Å². The van der Waals surface area contributed by atoms with E-state index in [9.17, 15) is 9.59 Å². The van der Waals surface area contributed by atoms with Crippen LogP contribution in [0.5, 0.6) is 0 Å². The van der Waals surface area contributed by atoms with Crippen molar-refractivity contribution in [2.24, 2.45) is 0 Å². The molecule has 1 aliphatic heterocycles. The van der Waals surface area contributed by atoms with Crippen LogP contribution in [0.1, 0.15) is 6.42 Å². The van der Waals surface area contributed by atoms with Crippen molar-refractivity contribution in [3.8, 4) is 0 Å². The Morgan fingerprint density at radius 1 is 1.41 bits per heavy atom. The highest BCUT2D eigenvalue weighted by Crippen LogP contribution is 2.18. The smallest absolute Gasteiger partial charge is 0.326 e. The highest BCUT2D eigenvalue weighted by atomic mass is 35.5. The standard InChI is InChI=1S/C11H11ClN2O3/c12-6-1-3-7(4-2-6)13-8-5-9(11(16)17)14-10(8)15/h1-4,8-9,13H,5H2,(H,14,15)(H,16,17)/t8?,9-/m0/s1. The number of carboxylic acids is 1. The van der Waals surface area contributed by atoms with Crippen molar-refractivity contribution in [3.05, 3.63) is 29.3 Å². The summed E-state index contributed by atoms with van der Waals surface area (Å²) in [4.78, 5) is 22.2. The molecule has 1 unspecified atom stereocenters. The van der Waals surface area contributed by atoms with E-state index in [0.717, 1.165) is 5.69 Å². The molecule has 6 heteroatoms. The number of hydrogen-bond acceptors (Lipinski definition) is 3. The minimum Gasteiger partial charge on any atom is -0.480 e. The zero-order valence-electron chi connectivity index (χ0n) is 8.81. The lowest BCUT2D eigenvalue weighted by molar-refractivity contribution is -0.140. The monoisotopic (exact) mass is 254 g/mol. The van der Waals surface area contributed by atoms with Gasteiger partial charge in [-0.05, 0) is 24.3 Å². The molecule has 1 aromatic carbocycles. The zero-order valence-corrected chi connectivity index (χ0v) is 9.57. The number of anilines is 1. The van der Waals surface area contributed by atoms with E-state index in [0.29, 0.717) is 5.02 Å². The van der Waals surface area contributed by atoms with Crippen LogP contribution in [0.4, 0.5) is 5.69 Å². The Kier molecular flexibility index (Phi) is 3.19. The quantitative estimate of drug-likeness (QED) is 0.755. The fourth-order valence-electron chi connectivity index (χ4n) is 1.71. The van der Waals surface area contributed by atoms with Crippen LogP contribution in [0, 0.1) is 0 Å². The normalized spacial score (nSPS) is 23.2. The topological polar surface area (TPSA) is 78.4 Å². The molecule has 2 rings (SSSR count). The van der Waals surface area contributed by atoms with E-state index in [1.165, 1.54) is 0 Å². The van der Waals surface area contributed by atoms with E-state index in [4.69, 9.17) is 16.7 Å². The van der Waals surface area contributed by atoms with E-state index in [1.54, 1.807) is 24.3 Å². The number of nitrogens with one attached hydrogen (secondary N) is 2. The lowest BCUT2D eigenvalue weighted by Gasteiger charge is -2.11. The van der Waals surface area contributed by atoms with Gasteiger partial charge >= 0.3 is 5.97 Å². The van der Waals surface area contributed by atoms with E-state index < -0.39 is 18.1 Å². The first-order chi connectivity index (χ1) is 8.06. The van der Waals surface area contributed by atoms with Gasteiger partial charge in [-0.1, -0.05) is 11.6 Å². The van der Waals surface area contributed by atoms with Crippen molar-refractivity contribution in [2.75, 3.05) is 5.32 Å². The first-order valence-electron chi connectivity index (χ1n) is 5.11. The summed E-state index contributed by atoms with van der Waals surface area (Å²) in [5, 5.41) is 14.8. The van der Waals surface area contributed by atoms with Gasteiger partial charge in [-0.15, -0.1) is 0 Å². The average Bonchev–Trinajstić information content (AvgIpc) is 2.64. The Morgan fingerprint density at radius 3 is 2.59 bits per heavy atom. The molecule has 1 heterocycles. The molecule has 0 spiro atoms. The number of amides is 1. The highest BCUT2D eigenvalue weighted by Gasteiger charge is 2.35. The Bertz CT molecular complexity index is 447. The molecule has 0 bridgehead atoms. The number of carboxylic acid groups (broad SMARTS) is 1. The van der Waals surface area contributed by atoms with Crippen LogP contribution in [0.15, 0.2) is 24.3 Å². The van der Waals surface area contributed by atoms with Gasteiger partial charge in [-0.2, -0.15) is 0 Å². The molecule has 2 atom stereocenters. The van der Waals surface area contributed by atoms with Gasteiger partial charge < -0.3 is 15.7 Å². The van der Waals surface area contributed by atoms with Gasteiger partial charge in [-0.3, -0.25) is 4.79 Å². The summed E-state index contributed by atoms with van der Waals surface area (Å²) < 4.78 is 0. The number of benzene rings is 1. The molecule has 0 radical (unpaired) electrons. The van der Waals surface area contributed by atoms with E-state index >= 15 is 0 Å². The maximum atomic E-state index is 11.5. The first-order valence-corrected chi connectivity index (χ1v) is 5.49. The molecule has 0 aliphatic carbocycles. The largest absolute Gasteiger partial charge is 0.480 e. The van der Waals surface area contributed by atoms with Crippen molar-refractivity contribution in [1.82, 2.24) is 5.32 Å². The minimum atomic E-state index is -1.02. The van der Waals surface area contributed by atoms with E-state index in [2.05, 4.69) is 10.6 Å². The average molecular weight is 255 g/mol. The molecule has 0 aromatic heterocycles. The third kappa shape index (κ3) is 2.68. The summed E-state index contributed by atoms with van der Waals surface area (Å²) in [6.07, 6.45) is 0.233. The number of carbonyl (C=O) groups is 2. The SMILES string of the molecule is O=C1N[C@H](C(=O)O)CC1Nc1ccc(Cl)cc1. The van der Waals surface area contributed by atoms with Crippen molar-refractivity contribution < 1.29 is 14.7 Å². The summed E-state index contributed by atoms with van der Waals surface area (Å²) in [5.74, 6) is -1.31. The number of carbonyl (C=O) groups excluding carboxylic acids is 1. The molecular weight excluding hydrogens is 244 g/mol. The second-order valence-corrected chi connectivity index (χ2v) is 4.28. The predicted octanol–water partition coefficient (Wildman–Crippen LogP) is 1.09. The summed E-state index contributed by atoms with van der Waals surface area (Å²) in [6.45, 7) is 0. The van der Waals surface area contributed by atoms with Gasteiger partial charge in [0, 0.05) is 17.1 Å². The second kappa shape index (κ2) is 4.63. The number of halogens is 1. The van der Waals surface area contributed by atoms with Gasteiger partial charge in [0.1, 0.15) is 12.1 Å². The van der Waals surface area contributed by atoms with Gasteiger partial charge in [0.2, 0.25) is 5.91 Å². The van der Waals surface area contributed by atoms with Gasteiger partial charge in [0.15, 0.2) is 0 Å². The van der Waals surface area contributed by atoms with Crippen molar-refractivity contribution in [1.29, 1.82) is 0 Å². The fourth-order valence-corrected chi connectivity index (χ4v) is 1.83. The molecule has 3 N–H and O–H groups in total. The third-order valence-corrected chi connectivity index (χ3v) is 2.84. The molecule has 1 amide bonds. The number of hydrogen-bond donors (Lipinski definition) is 3. The van der Waals surface area contributed by atoms with Crippen LogP contribution < -0.4 is 10.6 Å². The van der Waals surface area contributed by atoms with E-state index in [-0.39, 0.29) is 12.3 Å². The molecule has 1 saturated heterocycles. The van der Waals surface area contributed by atoms with Crippen molar-refractivity contribution in [3.63, 3.8) is 0 Å². The Hall–Kier alpha value is -1.75. The molecule has 90 valence electrons. The molecule has 0 saturated carbocycles. The summed E-state index contributed by atoms with van der Waals surface area (Å²) in [6, 6.07) is 5.55. The fraction of sp³-hybridized carbons (Fsp3) is 0.273. The molecule has 1 aliphatic rings. The van der Waals surface area contributed by atoms with Crippen LogP contribution in [0.25, 0.3) is 0 Å². The van der Waals surface area contributed by atoms with Crippen LogP contribution in [0.2, 0.25) is 5.02 Å². The maximum Gasteiger partial charge on any atom is 0.326 e. The molecule has 17 heavy (non-hydrogen) atoms. The van der Waals surface area contributed by atoms with Crippen LogP contribution in [0.3, 0.4) is 0 Å². The Balaban J connectivity index is 2.02. The maximum absolute atomic E-state index is 11.5. The first kappa shape index (κ1) is 11.7. The predicted molar refractivity (Wildman–Crippen MR) is 63.0 cm³/mol.